The van der Waals surface area contributed by atoms with Crippen molar-refractivity contribution in [3.05, 3.63) is 88.6 Å². The van der Waals surface area contributed by atoms with Crippen molar-refractivity contribution in [3.8, 4) is 0 Å². The van der Waals surface area contributed by atoms with Crippen molar-refractivity contribution in [3.63, 3.8) is 0 Å². The Kier molecular flexibility index (Phi) is 5.57. The fraction of sp³-hybridized carbons (Fsp3) is 0.240. The molecule has 5 aromatic rings. The van der Waals surface area contributed by atoms with Crippen molar-refractivity contribution < 1.29 is 8.42 Å². The summed E-state index contributed by atoms with van der Waals surface area (Å²) >= 11 is 0. The summed E-state index contributed by atoms with van der Waals surface area (Å²) in [6, 6.07) is 18.6. The molecule has 1 saturated heterocycles. The number of para-hydroxylation sites is 1. The van der Waals surface area contributed by atoms with Gasteiger partial charge in [0, 0.05) is 30.6 Å². The van der Waals surface area contributed by atoms with Crippen LogP contribution in [0.3, 0.4) is 0 Å². The molecule has 0 radical (unpaired) electrons. The summed E-state index contributed by atoms with van der Waals surface area (Å²) in [7, 11) is -3.72. The fourth-order valence-corrected chi connectivity index (χ4v) is 6.37. The van der Waals surface area contributed by atoms with Crippen molar-refractivity contribution in [2.24, 2.45) is 0 Å². The molecular formula is C25H23N7O3S. The largest absolute Gasteiger partial charge is 0.308 e. The first kappa shape index (κ1) is 22.5. The summed E-state index contributed by atoms with van der Waals surface area (Å²) in [6.45, 7) is 1.09. The van der Waals surface area contributed by atoms with E-state index in [1.165, 1.54) is 4.31 Å². The van der Waals surface area contributed by atoms with Crippen LogP contribution in [0, 0.1) is 0 Å². The molecule has 0 atom stereocenters. The number of aromatic amines is 1. The molecule has 4 heterocycles. The molecule has 0 unspecified atom stereocenters. The van der Waals surface area contributed by atoms with E-state index >= 15 is 0 Å². The molecule has 0 spiro atoms. The Hall–Kier alpha value is -3.96. The van der Waals surface area contributed by atoms with Gasteiger partial charge in [-0.1, -0.05) is 53.7 Å². The number of fused-ring (bicyclic) bond motifs is 2. The molecule has 36 heavy (non-hydrogen) atoms. The highest BCUT2D eigenvalue weighted by atomic mass is 32.2. The van der Waals surface area contributed by atoms with E-state index in [0.717, 1.165) is 10.9 Å². The second kappa shape index (κ2) is 8.92. The molecule has 182 valence electrons. The SMILES string of the molecule is O=c1[nH]c(C2CCN(S(=O)(=O)c3cccc4cccnc34)CC2)nc2c1nnn2Cc1ccccc1. The molecule has 0 amide bonds. The molecule has 0 bridgehead atoms. The summed E-state index contributed by atoms with van der Waals surface area (Å²) < 4.78 is 30.0. The van der Waals surface area contributed by atoms with Crippen LogP contribution in [-0.2, 0) is 16.6 Å². The van der Waals surface area contributed by atoms with Gasteiger partial charge in [0.05, 0.1) is 12.1 Å². The maximum absolute atomic E-state index is 13.4. The van der Waals surface area contributed by atoms with E-state index < -0.39 is 10.0 Å². The minimum Gasteiger partial charge on any atom is -0.308 e. The lowest BCUT2D eigenvalue weighted by Gasteiger charge is -2.30. The molecule has 1 aliphatic heterocycles. The number of sulfonamides is 1. The maximum Gasteiger partial charge on any atom is 0.281 e. The quantitative estimate of drug-likeness (QED) is 0.392. The zero-order valence-electron chi connectivity index (χ0n) is 19.3. The Morgan fingerprint density at radius 1 is 0.944 bits per heavy atom. The standard InChI is InChI=1S/C25H23N7O3S/c33-25-22-24(32(30-29-22)16-17-6-2-1-3-7-17)27-23(28-25)19-11-14-31(15-12-19)36(34,35)20-10-4-8-18-9-5-13-26-21(18)20/h1-10,13,19H,11-12,14-16H2,(H,27,28,33). The zero-order valence-corrected chi connectivity index (χ0v) is 20.1. The second-order valence-corrected chi connectivity index (χ2v) is 10.8. The summed E-state index contributed by atoms with van der Waals surface area (Å²) in [5.41, 5.74) is 1.77. The number of pyridine rings is 1. The van der Waals surface area contributed by atoms with Crippen LogP contribution in [0.1, 0.15) is 30.1 Å². The first-order valence-electron chi connectivity index (χ1n) is 11.7. The molecule has 3 aromatic heterocycles. The van der Waals surface area contributed by atoms with E-state index in [1.807, 2.05) is 42.5 Å². The van der Waals surface area contributed by atoms with Crippen LogP contribution in [-0.4, -0.2) is 55.8 Å². The number of rotatable bonds is 5. The predicted octanol–water partition coefficient (Wildman–Crippen LogP) is 2.68. The molecule has 0 saturated carbocycles. The van der Waals surface area contributed by atoms with Crippen LogP contribution in [0.15, 0.2) is 76.6 Å². The van der Waals surface area contributed by atoms with Gasteiger partial charge in [0.25, 0.3) is 5.56 Å². The van der Waals surface area contributed by atoms with Gasteiger partial charge < -0.3 is 4.98 Å². The van der Waals surface area contributed by atoms with Gasteiger partial charge in [-0.05, 0) is 30.5 Å². The number of nitrogens with one attached hydrogen (secondary N) is 1. The van der Waals surface area contributed by atoms with Gasteiger partial charge in [0.15, 0.2) is 11.2 Å². The molecule has 1 fully saturated rings. The topological polar surface area (TPSA) is 127 Å². The molecule has 2 aromatic carbocycles. The number of H-pyrrole nitrogens is 1. The smallest absolute Gasteiger partial charge is 0.281 e. The monoisotopic (exact) mass is 501 g/mol. The summed E-state index contributed by atoms with van der Waals surface area (Å²) in [4.78, 5) is 24.8. The summed E-state index contributed by atoms with van der Waals surface area (Å²) in [5, 5.41) is 8.93. The van der Waals surface area contributed by atoms with E-state index in [9.17, 15) is 13.2 Å². The van der Waals surface area contributed by atoms with E-state index in [0.29, 0.717) is 49.5 Å². The molecule has 6 rings (SSSR count). The van der Waals surface area contributed by atoms with Gasteiger partial charge in [0.2, 0.25) is 10.0 Å². The normalized spacial score (nSPS) is 15.6. The van der Waals surface area contributed by atoms with E-state index in [4.69, 9.17) is 4.98 Å². The molecule has 1 aliphatic rings. The first-order chi connectivity index (χ1) is 17.5. The van der Waals surface area contributed by atoms with Gasteiger partial charge in [-0.25, -0.2) is 18.1 Å². The zero-order chi connectivity index (χ0) is 24.7. The molecule has 1 N–H and O–H groups in total. The first-order valence-corrected chi connectivity index (χ1v) is 13.2. The molecule has 0 aliphatic carbocycles. The third kappa shape index (κ3) is 3.95. The molecule has 11 heteroatoms. The van der Waals surface area contributed by atoms with Crippen molar-refractivity contribution in [2.75, 3.05) is 13.1 Å². The van der Waals surface area contributed by atoms with E-state index in [1.54, 1.807) is 29.1 Å². The Morgan fingerprint density at radius 2 is 1.72 bits per heavy atom. The average Bonchev–Trinajstić information content (AvgIpc) is 3.32. The third-order valence-corrected chi connectivity index (χ3v) is 8.55. The third-order valence-electron chi connectivity index (χ3n) is 6.62. The number of aromatic nitrogens is 6. The number of hydrogen-bond donors (Lipinski definition) is 1. The van der Waals surface area contributed by atoms with Gasteiger partial charge in [0.1, 0.15) is 10.7 Å². The Labute approximate surface area is 206 Å². The lowest BCUT2D eigenvalue weighted by Crippen LogP contribution is -2.38. The summed E-state index contributed by atoms with van der Waals surface area (Å²) in [5.74, 6) is 0.451. The van der Waals surface area contributed by atoms with Crippen LogP contribution in [0.2, 0.25) is 0 Å². The van der Waals surface area contributed by atoms with Crippen LogP contribution < -0.4 is 5.56 Å². The lowest BCUT2D eigenvalue weighted by atomic mass is 9.97. The van der Waals surface area contributed by atoms with Crippen molar-refractivity contribution >= 4 is 32.1 Å². The van der Waals surface area contributed by atoms with E-state index in [2.05, 4.69) is 20.3 Å². The minimum absolute atomic E-state index is 0.0840. The van der Waals surface area contributed by atoms with Gasteiger partial charge in [-0.2, -0.15) is 4.31 Å². The Morgan fingerprint density at radius 3 is 2.53 bits per heavy atom. The molecular weight excluding hydrogens is 478 g/mol. The number of piperidine rings is 1. The number of nitrogens with zero attached hydrogens (tertiary/aromatic N) is 6. The van der Waals surface area contributed by atoms with Gasteiger partial charge in [-0.15, -0.1) is 5.10 Å². The molecule has 10 nitrogen and oxygen atoms in total. The van der Waals surface area contributed by atoms with Crippen LogP contribution >= 0.6 is 0 Å². The second-order valence-electron chi connectivity index (χ2n) is 8.87. The maximum atomic E-state index is 13.4. The number of benzene rings is 2. The van der Waals surface area contributed by atoms with Crippen molar-refractivity contribution in [1.82, 2.24) is 34.3 Å². The Bertz CT molecular complexity index is 1720. The minimum atomic E-state index is -3.72. The van der Waals surface area contributed by atoms with Crippen molar-refractivity contribution in [1.29, 1.82) is 0 Å². The number of hydrogen-bond acceptors (Lipinski definition) is 7. The Balaban J connectivity index is 1.25. The highest BCUT2D eigenvalue weighted by Crippen LogP contribution is 2.31. The highest BCUT2D eigenvalue weighted by molar-refractivity contribution is 7.89. The average molecular weight is 502 g/mol. The predicted molar refractivity (Wildman–Crippen MR) is 134 cm³/mol. The lowest BCUT2D eigenvalue weighted by molar-refractivity contribution is 0.313. The van der Waals surface area contributed by atoms with E-state index in [-0.39, 0.29) is 21.9 Å². The van der Waals surface area contributed by atoms with Crippen LogP contribution in [0.25, 0.3) is 22.1 Å². The van der Waals surface area contributed by atoms with Gasteiger partial charge >= 0.3 is 0 Å². The van der Waals surface area contributed by atoms with Crippen molar-refractivity contribution in [2.45, 2.75) is 30.2 Å². The van der Waals surface area contributed by atoms with Gasteiger partial charge in [-0.3, -0.25) is 9.78 Å². The fourth-order valence-electron chi connectivity index (χ4n) is 4.73. The van der Waals surface area contributed by atoms with Crippen LogP contribution in [0.4, 0.5) is 0 Å². The van der Waals surface area contributed by atoms with Crippen LogP contribution in [0.5, 0.6) is 0 Å². The highest BCUT2D eigenvalue weighted by Gasteiger charge is 2.32. The summed E-state index contributed by atoms with van der Waals surface area (Å²) in [6.07, 6.45) is 2.67.